The van der Waals surface area contributed by atoms with Crippen LogP contribution in [-0.4, -0.2) is 24.1 Å². The van der Waals surface area contributed by atoms with Crippen LogP contribution in [0.2, 0.25) is 0 Å². The lowest BCUT2D eigenvalue weighted by Gasteiger charge is -2.33. The first-order valence-corrected chi connectivity index (χ1v) is 21.5. The van der Waals surface area contributed by atoms with Crippen molar-refractivity contribution in [2.45, 2.75) is 5.41 Å². The SMILES string of the molecule is c1ccc(-c2nc(-c3ccccc3)nc(-n3c4cc5c(cc4c4cc6c(cc43)c3ccccc3n6-c3ccccc3)C(c3ccccc3)(c3ccccc3)c3ccccc3-5)n2)cc1. The Labute approximate surface area is 363 Å². The Morgan fingerprint density at radius 3 is 1.43 bits per heavy atom. The normalized spacial score (nSPS) is 12.9. The van der Waals surface area contributed by atoms with Crippen LogP contribution >= 0.6 is 0 Å². The number of hydrogen-bond donors (Lipinski definition) is 0. The summed E-state index contributed by atoms with van der Waals surface area (Å²) < 4.78 is 4.69. The monoisotopic (exact) mass is 803 g/mol. The van der Waals surface area contributed by atoms with Gasteiger partial charge < -0.3 is 4.57 Å². The molecule has 5 nitrogen and oxygen atoms in total. The molecule has 0 amide bonds. The smallest absolute Gasteiger partial charge is 0.238 e. The van der Waals surface area contributed by atoms with Gasteiger partial charge in [-0.3, -0.25) is 4.57 Å². The minimum absolute atomic E-state index is 0.561. The maximum Gasteiger partial charge on any atom is 0.238 e. The summed E-state index contributed by atoms with van der Waals surface area (Å²) in [6.45, 7) is 0. The summed E-state index contributed by atoms with van der Waals surface area (Å²) in [6, 6.07) is 80.5. The molecule has 9 aromatic carbocycles. The largest absolute Gasteiger partial charge is 0.309 e. The fourth-order valence-electron chi connectivity index (χ4n) is 10.4. The predicted octanol–water partition coefficient (Wildman–Crippen LogP) is 13.8. The molecule has 5 heteroatoms. The molecule has 0 aliphatic heterocycles. The summed E-state index contributed by atoms with van der Waals surface area (Å²) >= 11 is 0. The van der Waals surface area contributed by atoms with Gasteiger partial charge in [-0.05, 0) is 75.8 Å². The Balaban J connectivity index is 1.21. The number of hydrogen-bond acceptors (Lipinski definition) is 3. The van der Waals surface area contributed by atoms with Crippen LogP contribution < -0.4 is 0 Å². The molecule has 13 rings (SSSR count). The highest BCUT2D eigenvalue weighted by molar-refractivity contribution is 6.19. The van der Waals surface area contributed by atoms with Crippen LogP contribution in [0.5, 0.6) is 0 Å². The van der Waals surface area contributed by atoms with Crippen molar-refractivity contribution in [3.8, 4) is 45.5 Å². The Morgan fingerprint density at radius 1 is 0.317 bits per heavy atom. The quantitative estimate of drug-likeness (QED) is 0.168. The number of benzene rings is 9. The van der Waals surface area contributed by atoms with Gasteiger partial charge in [0.2, 0.25) is 5.95 Å². The summed E-state index contributed by atoms with van der Waals surface area (Å²) in [7, 11) is 0. The predicted molar refractivity (Wildman–Crippen MR) is 257 cm³/mol. The van der Waals surface area contributed by atoms with E-state index in [1.165, 1.54) is 38.8 Å². The Bertz CT molecular complexity index is 3610. The van der Waals surface area contributed by atoms with Gasteiger partial charge in [-0.25, -0.2) is 4.98 Å². The summed E-state index contributed by atoms with van der Waals surface area (Å²) in [6.07, 6.45) is 0. The zero-order chi connectivity index (χ0) is 41.5. The van der Waals surface area contributed by atoms with E-state index >= 15 is 0 Å². The first kappa shape index (κ1) is 35.4. The molecule has 3 aromatic heterocycles. The van der Waals surface area contributed by atoms with Crippen molar-refractivity contribution in [3.63, 3.8) is 0 Å². The lowest BCUT2D eigenvalue weighted by Crippen LogP contribution is -2.28. The summed E-state index contributed by atoms with van der Waals surface area (Å²) in [5.41, 5.74) is 14.2. The van der Waals surface area contributed by atoms with Gasteiger partial charge in [-0.1, -0.05) is 182 Å². The van der Waals surface area contributed by atoms with Crippen LogP contribution in [0.15, 0.2) is 224 Å². The van der Waals surface area contributed by atoms with E-state index in [0.29, 0.717) is 17.6 Å². The first-order chi connectivity index (χ1) is 31.3. The molecule has 0 bridgehead atoms. The van der Waals surface area contributed by atoms with Crippen molar-refractivity contribution < 1.29 is 0 Å². The van der Waals surface area contributed by atoms with Crippen molar-refractivity contribution in [1.29, 1.82) is 0 Å². The van der Waals surface area contributed by atoms with Gasteiger partial charge >= 0.3 is 0 Å². The number of para-hydroxylation sites is 2. The molecule has 0 fully saturated rings. The standard InChI is InChI=1S/C58H37N5/c1-6-20-38(21-7-1)55-59-56(39-22-8-2-9-23-39)61-57(60-55)63-53-35-45-43-30-16-18-32-49(43)58(40-24-10-3-11-25-40,41-26-12-4-13-27-41)50(45)34-46(53)48-37-52-47(36-54(48)63)44-31-17-19-33-51(44)62(52)42-28-14-5-15-29-42/h1-37H. The van der Waals surface area contributed by atoms with E-state index in [4.69, 9.17) is 15.0 Å². The highest BCUT2D eigenvalue weighted by Gasteiger charge is 2.46. The van der Waals surface area contributed by atoms with Crippen LogP contribution in [0.25, 0.3) is 89.2 Å². The van der Waals surface area contributed by atoms with E-state index in [1.807, 2.05) is 36.4 Å². The van der Waals surface area contributed by atoms with Gasteiger partial charge in [0.05, 0.1) is 27.5 Å². The molecule has 294 valence electrons. The van der Waals surface area contributed by atoms with Gasteiger partial charge in [0, 0.05) is 38.4 Å². The van der Waals surface area contributed by atoms with Gasteiger partial charge in [0.1, 0.15) is 0 Å². The van der Waals surface area contributed by atoms with Crippen molar-refractivity contribution >= 4 is 43.6 Å². The molecule has 0 N–H and O–H groups in total. The summed E-state index contributed by atoms with van der Waals surface area (Å²) in [4.78, 5) is 15.8. The second-order valence-electron chi connectivity index (χ2n) is 16.4. The second-order valence-corrected chi connectivity index (χ2v) is 16.4. The van der Waals surface area contributed by atoms with Crippen molar-refractivity contribution in [1.82, 2.24) is 24.1 Å². The molecule has 0 saturated carbocycles. The van der Waals surface area contributed by atoms with Crippen LogP contribution in [0.3, 0.4) is 0 Å². The van der Waals surface area contributed by atoms with Crippen molar-refractivity contribution in [3.05, 3.63) is 247 Å². The molecule has 0 saturated heterocycles. The third-order valence-electron chi connectivity index (χ3n) is 13.0. The molecule has 0 atom stereocenters. The molecular weight excluding hydrogens is 767 g/mol. The average Bonchev–Trinajstić information content (AvgIpc) is 3.97. The van der Waals surface area contributed by atoms with Gasteiger partial charge in [0.25, 0.3) is 0 Å². The Kier molecular flexibility index (Phi) is 7.75. The molecule has 12 aromatic rings. The lowest BCUT2D eigenvalue weighted by molar-refractivity contribution is 0.769. The van der Waals surface area contributed by atoms with Gasteiger partial charge in [-0.15, -0.1) is 0 Å². The van der Waals surface area contributed by atoms with E-state index < -0.39 is 5.41 Å². The molecule has 1 aliphatic carbocycles. The number of nitrogens with zero attached hydrogens (tertiary/aromatic N) is 5. The lowest BCUT2D eigenvalue weighted by atomic mass is 9.67. The summed E-state index contributed by atoms with van der Waals surface area (Å²) in [5, 5.41) is 4.59. The third-order valence-corrected chi connectivity index (χ3v) is 13.0. The van der Waals surface area contributed by atoms with E-state index in [2.05, 4.69) is 197 Å². The Morgan fingerprint density at radius 2 is 0.794 bits per heavy atom. The molecular formula is C58H37N5. The molecule has 1 aliphatic rings. The Hall–Kier alpha value is -8.41. The zero-order valence-electron chi connectivity index (χ0n) is 34.1. The second kappa shape index (κ2) is 13.8. The maximum atomic E-state index is 5.36. The fourth-order valence-corrected chi connectivity index (χ4v) is 10.4. The minimum atomic E-state index is -0.561. The van der Waals surface area contributed by atoms with Crippen molar-refractivity contribution in [2.24, 2.45) is 0 Å². The number of fused-ring (bicyclic) bond motifs is 9. The van der Waals surface area contributed by atoms with E-state index in [-0.39, 0.29) is 0 Å². The van der Waals surface area contributed by atoms with Crippen LogP contribution in [0.4, 0.5) is 0 Å². The summed E-state index contributed by atoms with van der Waals surface area (Å²) in [5.74, 6) is 1.81. The third kappa shape index (κ3) is 5.20. The zero-order valence-corrected chi connectivity index (χ0v) is 34.1. The van der Waals surface area contributed by atoms with Crippen molar-refractivity contribution in [2.75, 3.05) is 0 Å². The highest BCUT2D eigenvalue weighted by atomic mass is 15.2. The molecule has 0 unspecified atom stereocenters. The van der Waals surface area contributed by atoms with Gasteiger partial charge in [0.15, 0.2) is 11.6 Å². The van der Waals surface area contributed by atoms with Crippen LogP contribution in [0.1, 0.15) is 22.3 Å². The minimum Gasteiger partial charge on any atom is -0.309 e. The topological polar surface area (TPSA) is 48.5 Å². The molecule has 3 heterocycles. The molecule has 63 heavy (non-hydrogen) atoms. The van der Waals surface area contributed by atoms with Crippen LogP contribution in [0, 0.1) is 0 Å². The average molecular weight is 804 g/mol. The van der Waals surface area contributed by atoms with Crippen LogP contribution in [-0.2, 0) is 5.41 Å². The molecule has 0 radical (unpaired) electrons. The van der Waals surface area contributed by atoms with E-state index in [9.17, 15) is 0 Å². The van der Waals surface area contributed by atoms with E-state index in [1.54, 1.807) is 0 Å². The first-order valence-electron chi connectivity index (χ1n) is 21.5. The van der Waals surface area contributed by atoms with E-state index in [0.717, 1.165) is 55.0 Å². The maximum absolute atomic E-state index is 5.36. The number of aromatic nitrogens is 5. The molecule has 0 spiro atoms. The number of rotatable bonds is 6. The fraction of sp³-hybridized carbons (Fsp3) is 0.0172. The van der Waals surface area contributed by atoms with Gasteiger partial charge in [-0.2, -0.15) is 9.97 Å². The highest BCUT2D eigenvalue weighted by Crippen LogP contribution is 2.57.